The largest absolute Gasteiger partial charge is 0.465 e. The Morgan fingerprint density at radius 2 is 1.90 bits per heavy atom. The Labute approximate surface area is 177 Å². The molecule has 1 aliphatic heterocycles. The normalized spacial score (nSPS) is 20.2. The molecule has 1 N–H and O–H groups in total. The van der Waals surface area contributed by atoms with Crippen LogP contribution in [0.1, 0.15) is 71.9 Å². The fourth-order valence-electron chi connectivity index (χ4n) is 4.24. The fourth-order valence-corrected chi connectivity index (χ4v) is 4.24. The lowest BCUT2D eigenvalue weighted by atomic mass is 9.93. The highest BCUT2D eigenvalue weighted by Gasteiger charge is 2.32. The van der Waals surface area contributed by atoms with E-state index in [-0.39, 0.29) is 36.1 Å². The number of hydrogen-bond donors (Lipinski definition) is 1. The Kier molecular flexibility index (Phi) is 7.42. The third kappa shape index (κ3) is 4.98. The van der Waals surface area contributed by atoms with Crippen molar-refractivity contribution in [1.29, 1.82) is 0 Å². The number of rotatable bonds is 6. The van der Waals surface area contributed by atoms with E-state index in [4.69, 9.17) is 9.47 Å². The van der Waals surface area contributed by atoms with Crippen LogP contribution in [0.15, 0.2) is 6.07 Å². The number of anilines is 1. The van der Waals surface area contributed by atoms with Gasteiger partial charge in [0.2, 0.25) is 0 Å². The molecule has 0 aromatic carbocycles. The van der Waals surface area contributed by atoms with Gasteiger partial charge in [0.05, 0.1) is 37.6 Å². The van der Waals surface area contributed by atoms with Crippen LogP contribution < -0.4 is 10.2 Å². The van der Waals surface area contributed by atoms with Crippen molar-refractivity contribution in [3.8, 4) is 0 Å². The maximum absolute atomic E-state index is 12.8. The third-order valence-electron chi connectivity index (χ3n) is 5.86. The minimum atomic E-state index is -0.569. The second kappa shape index (κ2) is 10.0. The first kappa shape index (κ1) is 22.2. The SMILES string of the molecule is CCOC(=O)c1cc(C(=O)OC)c(C)nc1N1CCC(NC2CCCCC2)C(=O)C1. The lowest BCUT2D eigenvalue weighted by Gasteiger charge is -2.35. The Morgan fingerprint density at radius 1 is 1.17 bits per heavy atom. The zero-order chi connectivity index (χ0) is 21.7. The van der Waals surface area contributed by atoms with E-state index in [1.54, 1.807) is 13.8 Å². The fraction of sp³-hybridized carbons (Fsp3) is 0.636. The molecule has 0 bridgehead atoms. The standard InChI is InChI=1S/C22H31N3O5/c1-4-30-22(28)17-12-16(21(27)29-3)14(2)23-20(17)25-11-10-18(19(26)13-25)24-15-8-6-5-7-9-15/h12,15,18,24H,4-11,13H2,1-3H3. The van der Waals surface area contributed by atoms with Crippen LogP contribution in [0.2, 0.25) is 0 Å². The number of aryl methyl sites for hydroxylation is 1. The average Bonchev–Trinajstić information content (AvgIpc) is 2.75. The molecule has 2 fully saturated rings. The highest BCUT2D eigenvalue weighted by Crippen LogP contribution is 2.26. The molecule has 1 aliphatic carbocycles. The minimum Gasteiger partial charge on any atom is -0.465 e. The van der Waals surface area contributed by atoms with Gasteiger partial charge < -0.3 is 19.7 Å². The lowest BCUT2D eigenvalue weighted by molar-refractivity contribution is -0.121. The summed E-state index contributed by atoms with van der Waals surface area (Å²) in [5, 5.41) is 3.53. The number of esters is 2. The molecule has 8 heteroatoms. The molecule has 2 heterocycles. The molecule has 2 aliphatic rings. The van der Waals surface area contributed by atoms with Crippen molar-refractivity contribution in [3.05, 3.63) is 22.9 Å². The summed E-state index contributed by atoms with van der Waals surface area (Å²) in [6.07, 6.45) is 6.59. The van der Waals surface area contributed by atoms with Crippen LogP contribution in [0.25, 0.3) is 0 Å². The maximum Gasteiger partial charge on any atom is 0.341 e. The lowest BCUT2D eigenvalue weighted by Crippen LogP contribution is -2.53. The summed E-state index contributed by atoms with van der Waals surface area (Å²) in [5.41, 5.74) is 0.832. The van der Waals surface area contributed by atoms with Gasteiger partial charge in [-0.2, -0.15) is 0 Å². The van der Waals surface area contributed by atoms with E-state index in [9.17, 15) is 14.4 Å². The van der Waals surface area contributed by atoms with Crippen molar-refractivity contribution >= 4 is 23.5 Å². The van der Waals surface area contributed by atoms with Crippen LogP contribution in [-0.4, -0.2) is 61.6 Å². The monoisotopic (exact) mass is 417 g/mol. The number of carbonyl (C=O) groups excluding carboxylic acids is 3. The van der Waals surface area contributed by atoms with Gasteiger partial charge in [-0.1, -0.05) is 19.3 Å². The Bertz CT molecular complexity index is 804. The van der Waals surface area contributed by atoms with E-state index < -0.39 is 11.9 Å². The van der Waals surface area contributed by atoms with Crippen molar-refractivity contribution in [2.75, 3.05) is 31.7 Å². The summed E-state index contributed by atoms with van der Waals surface area (Å²) in [6.45, 7) is 4.36. The van der Waals surface area contributed by atoms with Crippen LogP contribution in [0.3, 0.4) is 0 Å². The predicted molar refractivity (Wildman–Crippen MR) is 112 cm³/mol. The molecule has 1 aromatic rings. The van der Waals surface area contributed by atoms with Crippen molar-refractivity contribution < 1.29 is 23.9 Å². The number of methoxy groups -OCH3 is 1. The molecule has 0 amide bonds. The minimum absolute atomic E-state index is 0.0955. The van der Waals surface area contributed by atoms with Crippen molar-refractivity contribution in [2.24, 2.45) is 0 Å². The van der Waals surface area contributed by atoms with Gasteiger partial charge in [0, 0.05) is 12.6 Å². The van der Waals surface area contributed by atoms with Gasteiger partial charge in [0.15, 0.2) is 5.78 Å². The van der Waals surface area contributed by atoms with Crippen LogP contribution >= 0.6 is 0 Å². The number of ketones is 1. The number of ether oxygens (including phenoxy) is 2. The summed E-state index contributed by atoms with van der Waals surface area (Å²) in [4.78, 5) is 43.7. The highest BCUT2D eigenvalue weighted by molar-refractivity contribution is 6.00. The van der Waals surface area contributed by atoms with Crippen molar-refractivity contribution in [3.63, 3.8) is 0 Å². The summed E-state index contributed by atoms with van der Waals surface area (Å²) in [6, 6.07) is 1.71. The first-order valence-corrected chi connectivity index (χ1v) is 10.7. The molecule has 1 atom stereocenters. The number of nitrogens with one attached hydrogen (secondary N) is 1. The van der Waals surface area contributed by atoms with Crippen LogP contribution in [0.4, 0.5) is 5.82 Å². The Balaban J connectivity index is 1.80. The summed E-state index contributed by atoms with van der Waals surface area (Å²) < 4.78 is 9.95. The molecule has 8 nitrogen and oxygen atoms in total. The smallest absolute Gasteiger partial charge is 0.341 e. The topological polar surface area (TPSA) is 97.8 Å². The summed E-state index contributed by atoms with van der Waals surface area (Å²) >= 11 is 0. The first-order valence-electron chi connectivity index (χ1n) is 10.7. The molecule has 1 aromatic heterocycles. The van der Waals surface area contributed by atoms with Gasteiger partial charge in [0.1, 0.15) is 11.4 Å². The molecular weight excluding hydrogens is 386 g/mol. The molecule has 1 saturated heterocycles. The van der Waals surface area contributed by atoms with Crippen molar-refractivity contribution in [2.45, 2.75) is 64.5 Å². The van der Waals surface area contributed by atoms with Crippen LogP contribution in [0.5, 0.6) is 0 Å². The molecule has 30 heavy (non-hydrogen) atoms. The molecule has 3 rings (SSSR count). The van der Waals surface area contributed by atoms with E-state index in [0.717, 1.165) is 12.8 Å². The third-order valence-corrected chi connectivity index (χ3v) is 5.86. The van der Waals surface area contributed by atoms with Gasteiger partial charge in [-0.25, -0.2) is 14.6 Å². The molecule has 1 unspecified atom stereocenters. The Morgan fingerprint density at radius 3 is 2.53 bits per heavy atom. The number of hydrogen-bond acceptors (Lipinski definition) is 8. The van der Waals surface area contributed by atoms with E-state index in [1.807, 2.05) is 4.90 Å². The number of pyridine rings is 1. The second-order valence-electron chi connectivity index (χ2n) is 7.94. The quantitative estimate of drug-likeness (QED) is 0.705. The van der Waals surface area contributed by atoms with Gasteiger partial charge in [-0.05, 0) is 39.2 Å². The van der Waals surface area contributed by atoms with Gasteiger partial charge in [0.25, 0.3) is 0 Å². The molecular formula is C22H31N3O5. The van der Waals surface area contributed by atoms with Gasteiger partial charge >= 0.3 is 11.9 Å². The van der Waals surface area contributed by atoms with Crippen molar-refractivity contribution in [1.82, 2.24) is 10.3 Å². The summed E-state index contributed by atoms with van der Waals surface area (Å²) in [7, 11) is 1.28. The molecule has 1 saturated carbocycles. The van der Waals surface area contributed by atoms with Gasteiger partial charge in [-0.3, -0.25) is 4.79 Å². The van der Waals surface area contributed by atoms with E-state index in [1.165, 1.54) is 32.4 Å². The average molecular weight is 418 g/mol. The number of nitrogens with zero attached hydrogens (tertiary/aromatic N) is 2. The summed E-state index contributed by atoms with van der Waals surface area (Å²) in [5.74, 6) is -0.662. The first-order chi connectivity index (χ1) is 14.4. The van der Waals surface area contributed by atoms with E-state index in [2.05, 4.69) is 10.3 Å². The number of aromatic nitrogens is 1. The predicted octanol–water partition coefficient (Wildman–Crippen LogP) is 2.42. The van der Waals surface area contributed by atoms with E-state index >= 15 is 0 Å². The molecule has 0 radical (unpaired) electrons. The van der Waals surface area contributed by atoms with Crippen LogP contribution in [-0.2, 0) is 14.3 Å². The maximum atomic E-state index is 12.8. The van der Waals surface area contributed by atoms with Crippen LogP contribution in [0, 0.1) is 6.92 Å². The molecule has 0 spiro atoms. The second-order valence-corrected chi connectivity index (χ2v) is 7.94. The zero-order valence-corrected chi connectivity index (χ0v) is 18.0. The number of Topliss-reactive ketones (excluding diaryl/α,β-unsaturated/α-hetero) is 1. The highest BCUT2D eigenvalue weighted by atomic mass is 16.5. The number of carbonyl (C=O) groups is 3. The Hall–Kier alpha value is -2.48. The van der Waals surface area contributed by atoms with Gasteiger partial charge in [-0.15, -0.1) is 0 Å². The molecule has 164 valence electrons. The van der Waals surface area contributed by atoms with E-state index in [0.29, 0.717) is 30.5 Å². The zero-order valence-electron chi connectivity index (χ0n) is 18.0. The number of piperidine rings is 1.